The van der Waals surface area contributed by atoms with Gasteiger partial charge >= 0.3 is 6.18 Å². The molecule has 0 aliphatic rings. The number of benzene rings is 1. The highest BCUT2D eigenvalue weighted by atomic mass is 32.2. The van der Waals surface area contributed by atoms with Crippen LogP contribution in [0.5, 0.6) is 5.75 Å². The summed E-state index contributed by atoms with van der Waals surface area (Å²) in [5, 5.41) is 0. The van der Waals surface area contributed by atoms with Crippen LogP contribution in [0.3, 0.4) is 0 Å². The van der Waals surface area contributed by atoms with Crippen LogP contribution >= 0.6 is 12.0 Å². The highest BCUT2D eigenvalue weighted by Crippen LogP contribution is 2.32. The Bertz CT molecular complexity index is 514. The summed E-state index contributed by atoms with van der Waals surface area (Å²) in [4.78, 5) is 6.80. The van der Waals surface area contributed by atoms with Crippen LogP contribution in [-0.4, -0.2) is 15.7 Å². The van der Waals surface area contributed by atoms with Crippen LogP contribution in [0.2, 0.25) is 0 Å². The summed E-state index contributed by atoms with van der Waals surface area (Å²) < 4.78 is 42.6. The van der Waals surface area contributed by atoms with Crippen LogP contribution in [0.4, 0.5) is 13.2 Å². The van der Waals surface area contributed by atoms with E-state index >= 15 is 0 Å². The number of aromatic amines is 1. The molecular weight excluding hydrogens is 277 g/mol. The van der Waals surface area contributed by atoms with Gasteiger partial charge in [0.05, 0.1) is 23.9 Å². The Labute approximate surface area is 112 Å². The number of nitrogens with zero attached hydrogens (tertiary/aromatic N) is 1. The molecule has 0 radical (unpaired) electrons. The van der Waals surface area contributed by atoms with Gasteiger partial charge in [-0.2, -0.15) is 13.2 Å². The number of halogens is 3. The van der Waals surface area contributed by atoms with Crippen LogP contribution < -0.4 is 4.18 Å². The number of rotatable bonds is 5. The van der Waals surface area contributed by atoms with E-state index in [0.29, 0.717) is 12.2 Å². The topological polar surface area (TPSA) is 37.9 Å². The summed E-state index contributed by atoms with van der Waals surface area (Å²) >= 11 is 1.11. The Morgan fingerprint density at radius 2 is 2.16 bits per heavy atom. The number of alkyl halides is 3. The molecule has 0 spiro atoms. The predicted octanol–water partition coefficient (Wildman–Crippen LogP) is 3.70. The van der Waals surface area contributed by atoms with Gasteiger partial charge in [-0.15, -0.1) is 0 Å². The van der Waals surface area contributed by atoms with E-state index in [1.54, 1.807) is 12.5 Å². The highest BCUT2D eigenvalue weighted by Gasteiger charge is 2.30. The molecule has 3 nitrogen and oxygen atoms in total. The summed E-state index contributed by atoms with van der Waals surface area (Å²) in [5.74, 6) is 0.822. The number of H-pyrrole nitrogens is 1. The first-order valence-corrected chi connectivity index (χ1v) is 6.41. The number of nitrogens with one attached hydrogen (secondary N) is 1. The minimum Gasteiger partial charge on any atom is -0.426 e. The zero-order valence-corrected chi connectivity index (χ0v) is 10.6. The predicted molar refractivity (Wildman–Crippen MR) is 66.8 cm³/mol. The minimum atomic E-state index is -4.35. The fraction of sp³-hybridized carbons (Fsp3) is 0.250. The SMILES string of the molecule is FC(F)(F)c1cccc(OSCCc2cnc[nH]2)c1. The van der Waals surface area contributed by atoms with E-state index < -0.39 is 11.7 Å². The highest BCUT2D eigenvalue weighted by molar-refractivity contribution is 7.95. The molecule has 0 aliphatic heterocycles. The average Bonchev–Trinajstić information content (AvgIpc) is 2.87. The van der Waals surface area contributed by atoms with E-state index in [-0.39, 0.29) is 5.75 Å². The van der Waals surface area contributed by atoms with E-state index in [1.807, 2.05) is 0 Å². The Morgan fingerprint density at radius 3 is 2.84 bits per heavy atom. The first kappa shape index (κ1) is 13.8. The minimum absolute atomic E-state index is 0.199. The molecule has 0 aliphatic carbocycles. The first-order valence-electron chi connectivity index (χ1n) is 5.50. The molecule has 0 unspecified atom stereocenters. The molecule has 102 valence electrons. The van der Waals surface area contributed by atoms with Crippen LogP contribution in [0.15, 0.2) is 36.8 Å². The van der Waals surface area contributed by atoms with E-state index in [4.69, 9.17) is 4.18 Å². The summed E-state index contributed by atoms with van der Waals surface area (Å²) in [7, 11) is 0. The van der Waals surface area contributed by atoms with Gasteiger partial charge in [0.2, 0.25) is 0 Å². The third kappa shape index (κ3) is 4.20. The van der Waals surface area contributed by atoms with Crippen molar-refractivity contribution >= 4 is 12.0 Å². The van der Waals surface area contributed by atoms with Gasteiger partial charge in [-0.25, -0.2) is 4.98 Å². The summed E-state index contributed by atoms with van der Waals surface area (Å²) in [6.45, 7) is 0. The third-order valence-electron chi connectivity index (χ3n) is 2.33. The number of hydrogen-bond acceptors (Lipinski definition) is 3. The zero-order chi connectivity index (χ0) is 13.7. The molecule has 0 amide bonds. The molecule has 2 aromatic rings. The van der Waals surface area contributed by atoms with Crippen molar-refractivity contribution in [3.8, 4) is 5.75 Å². The van der Waals surface area contributed by atoms with Gasteiger partial charge in [0.25, 0.3) is 0 Å². The molecule has 0 atom stereocenters. The molecule has 1 aromatic heterocycles. The van der Waals surface area contributed by atoms with Crippen molar-refractivity contribution in [3.05, 3.63) is 48.0 Å². The lowest BCUT2D eigenvalue weighted by Gasteiger charge is -2.08. The first-order chi connectivity index (χ1) is 9.05. The Balaban J connectivity index is 1.83. The number of imidazole rings is 1. The molecule has 0 saturated carbocycles. The smallest absolute Gasteiger partial charge is 0.416 e. The fourth-order valence-corrected chi connectivity index (χ4v) is 2.03. The molecular formula is C12H11F3N2OS. The maximum Gasteiger partial charge on any atom is 0.416 e. The van der Waals surface area contributed by atoms with Gasteiger partial charge in [0, 0.05) is 24.1 Å². The molecule has 1 heterocycles. The van der Waals surface area contributed by atoms with Crippen LogP contribution in [0.1, 0.15) is 11.3 Å². The Morgan fingerprint density at radius 1 is 1.32 bits per heavy atom. The van der Waals surface area contributed by atoms with Gasteiger partial charge in [-0.3, -0.25) is 0 Å². The second kappa shape index (κ2) is 6.01. The quantitative estimate of drug-likeness (QED) is 0.673. The van der Waals surface area contributed by atoms with Gasteiger partial charge in [-0.05, 0) is 18.2 Å². The van der Waals surface area contributed by atoms with Crippen molar-refractivity contribution in [2.45, 2.75) is 12.6 Å². The standard InChI is InChI=1S/C12H11F3N2OS/c13-12(14,15)9-2-1-3-11(6-9)18-19-5-4-10-7-16-8-17-10/h1-3,6-8H,4-5H2,(H,16,17). The van der Waals surface area contributed by atoms with Crippen molar-refractivity contribution in [3.63, 3.8) is 0 Å². The van der Waals surface area contributed by atoms with Crippen molar-refractivity contribution in [1.29, 1.82) is 0 Å². The third-order valence-corrected chi connectivity index (χ3v) is 3.01. The molecule has 0 bridgehead atoms. The monoisotopic (exact) mass is 288 g/mol. The number of hydrogen-bond donors (Lipinski definition) is 1. The molecule has 1 aromatic carbocycles. The second-order valence-corrected chi connectivity index (χ2v) is 4.57. The van der Waals surface area contributed by atoms with E-state index in [9.17, 15) is 13.2 Å². The second-order valence-electron chi connectivity index (χ2n) is 3.76. The lowest BCUT2D eigenvalue weighted by Crippen LogP contribution is -2.04. The summed E-state index contributed by atoms with van der Waals surface area (Å²) in [6.07, 6.45) is -0.359. The van der Waals surface area contributed by atoms with E-state index in [0.717, 1.165) is 29.9 Å². The Hall–Kier alpha value is -1.63. The van der Waals surface area contributed by atoms with Crippen molar-refractivity contribution in [2.24, 2.45) is 0 Å². The number of aromatic nitrogens is 2. The van der Waals surface area contributed by atoms with Gasteiger partial charge in [0.15, 0.2) is 0 Å². The van der Waals surface area contributed by atoms with Gasteiger partial charge in [0.1, 0.15) is 5.75 Å². The van der Waals surface area contributed by atoms with E-state index in [2.05, 4.69) is 9.97 Å². The van der Waals surface area contributed by atoms with Gasteiger partial charge < -0.3 is 9.17 Å². The molecule has 0 saturated heterocycles. The fourth-order valence-electron chi connectivity index (χ4n) is 1.41. The normalized spacial score (nSPS) is 11.5. The maximum atomic E-state index is 12.5. The van der Waals surface area contributed by atoms with E-state index in [1.165, 1.54) is 12.1 Å². The molecule has 7 heteroatoms. The largest absolute Gasteiger partial charge is 0.426 e. The van der Waals surface area contributed by atoms with Crippen molar-refractivity contribution in [2.75, 3.05) is 5.75 Å². The maximum absolute atomic E-state index is 12.5. The molecule has 19 heavy (non-hydrogen) atoms. The summed E-state index contributed by atoms with van der Waals surface area (Å²) in [5.41, 5.74) is 0.249. The molecule has 1 N–H and O–H groups in total. The van der Waals surface area contributed by atoms with Crippen LogP contribution in [0, 0.1) is 0 Å². The van der Waals surface area contributed by atoms with Crippen molar-refractivity contribution < 1.29 is 17.4 Å². The average molecular weight is 288 g/mol. The summed E-state index contributed by atoms with van der Waals surface area (Å²) in [6, 6.07) is 4.83. The van der Waals surface area contributed by atoms with Crippen LogP contribution in [0.25, 0.3) is 0 Å². The van der Waals surface area contributed by atoms with Crippen molar-refractivity contribution in [1.82, 2.24) is 9.97 Å². The van der Waals surface area contributed by atoms with Gasteiger partial charge in [-0.1, -0.05) is 6.07 Å². The molecule has 0 fully saturated rings. The zero-order valence-electron chi connectivity index (χ0n) is 9.78. The number of aryl methyl sites for hydroxylation is 1. The Kier molecular flexibility index (Phi) is 4.36. The van der Waals surface area contributed by atoms with Crippen LogP contribution in [-0.2, 0) is 12.6 Å². The lowest BCUT2D eigenvalue weighted by atomic mass is 10.2. The lowest BCUT2D eigenvalue weighted by molar-refractivity contribution is -0.137. The molecule has 2 rings (SSSR count).